The van der Waals surface area contributed by atoms with Crippen LogP contribution in [-0.4, -0.2) is 39.7 Å². The molecule has 23 heavy (non-hydrogen) atoms. The Morgan fingerprint density at radius 1 is 1.39 bits per heavy atom. The van der Waals surface area contributed by atoms with Gasteiger partial charge in [-0.2, -0.15) is 5.10 Å². The summed E-state index contributed by atoms with van der Waals surface area (Å²) in [5.41, 5.74) is 7.56. The van der Waals surface area contributed by atoms with Gasteiger partial charge < -0.3 is 10.6 Å². The van der Waals surface area contributed by atoms with E-state index in [4.69, 9.17) is 5.73 Å². The SMILES string of the molecule is CC(N)C1CCCN(C(=O)c2cnn(-c3ccc(Br)cc3)c2)C1. The number of benzene rings is 1. The Balaban J connectivity index is 1.74. The molecule has 1 aromatic heterocycles. The molecule has 1 amide bonds. The predicted molar refractivity (Wildman–Crippen MR) is 93.5 cm³/mol. The number of likely N-dealkylation sites (tertiary alicyclic amines) is 1. The van der Waals surface area contributed by atoms with Gasteiger partial charge in [-0.25, -0.2) is 4.68 Å². The van der Waals surface area contributed by atoms with Crippen molar-refractivity contribution in [1.82, 2.24) is 14.7 Å². The zero-order chi connectivity index (χ0) is 16.4. The van der Waals surface area contributed by atoms with Crippen molar-refractivity contribution in [3.05, 3.63) is 46.7 Å². The molecule has 1 aromatic carbocycles. The Morgan fingerprint density at radius 3 is 2.83 bits per heavy atom. The number of piperidine rings is 1. The fourth-order valence-corrected chi connectivity index (χ4v) is 3.24. The average Bonchev–Trinajstić information content (AvgIpc) is 3.05. The number of amides is 1. The van der Waals surface area contributed by atoms with Crippen LogP contribution in [0.2, 0.25) is 0 Å². The van der Waals surface area contributed by atoms with Crippen molar-refractivity contribution >= 4 is 21.8 Å². The number of hydrogen-bond acceptors (Lipinski definition) is 3. The molecule has 1 aliphatic rings. The number of aromatic nitrogens is 2. The first-order chi connectivity index (χ1) is 11.0. The zero-order valence-electron chi connectivity index (χ0n) is 13.2. The molecular formula is C17H21BrN4O. The van der Waals surface area contributed by atoms with Crippen LogP contribution in [0.15, 0.2) is 41.1 Å². The van der Waals surface area contributed by atoms with Gasteiger partial charge in [-0.05, 0) is 49.9 Å². The maximum absolute atomic E-state index is 12.7. The van der Waals surface area contributed by atoms with Gasteiger partial charge in [0, 0.05) is 29.8 Å². The van der Waals surface area contributed by atoms with Gasteiger partial charge in [0.05, 0.1) is 17.4 Å². The van der Waals surface area contributed by atoms with Gasteiger partial charge >= 0.3 is 0 Å². The van der Waals surface area contributed by atoms with Crippen molar-refractivity contribution in [3.8, 4) is 5.69 Å². The molecule has 2 unspecified atom stereocenters. The van der Waals surface area contributed by atoms with Gasteiger partial charge in [-0.1, -0.05) is 15.9 Å². The van der Waals surface area contributed by atoms with E-state index in [9.17, 15) is 4.79 Å². The third-order valence-corrected chi connectivity index (χ3v) is 4.94. The van der Waals surface area contributed by atoms with Crippen LogP contribution in [0.1, 0.15) is 30.1 Å². The van der Waals surface area contributed by atoms with E-state index in [1.807, 2.05) is 36.1 Å². The van der Waals surface area contributed by atoms with Gasteiger partial charge in [0.25, 0.3) is 5.91 Å². The molecule has 2 N–H and O–H groups in total. The van der Waals surface area contributed by atoms with Gasteiger partial charge in [-0.15, -0.1) is 0 Å². The second-order valence-electron chi connectivity index (χ2n) is 6.16. The summed E-state index contributed by atoms with van der Waals surface area (Å²) in [6.07, 6.45) is 5.54. The van der Waals surface area contributed by atoms with Crippen molar-refractivity contribution in [2.75, 3.05) is 13.1 Å². The number of nitrogens with two attached hydrogens (primary N) is 1. The van der Waals surface area contributed by atoms with Crippen LogP contribution in [0, 0.1) is 5.92 Å². The highest BCUT2D eigenvalue weighted by Gasteiger charge is 2.27. The molecular weight excluding hydrogens is 356 g/mol. The quantitative estimate of drug-likeness (QED) is 0.895. The highest BCUT2D eigenvalue weighted by Crippen LogP contribution is 2.21. The zero-order valence-corrected chi connectivity index (χ0v) is 14.7. The minimum absolute atomic E-state index is 0.0405. The summed E-state index contributed by atoms with van der Waals surface area (Å²) in [4.78, 5) is 14.6. The van der Waals surface area contributed by atoms with Crippen molar-refractivity contribution in [2.24, 2.45) is 11.7 Å². The lowest BCUT2D eigenvalue weighted by molar-refractivity contribution is 0.0661. The summed E-state index contributed by atoms with van der Waals surface area (Å²) in [5, 5.41) is 4.32. The topological polar surface area (TPSA) is 64.2 Å². The second-order valence-corrected chi connectivity index (χ2v) is 7.08. The first-order valence-corrected chi connectivity index (χ1v) is 8.69. The third-order valence-electron chi connectivity index (χ3n) is 4.41. The van der Waals surface area contributed by atoms with E-state index in [1.54, 1.807) is 17.1 Å². The maximum atomic E-state index is 12.7. The van der Waals surface area contributed by atoms with Crippen molar-refractivity contribution in [2.45, 2.75) is 25.8 Å². The molecule has 3 rings (SSSR count). The van der Waals surface area contributed by atoms with Crippen LogP contribution in [0.4, 0.5) is 0 Å². The summed E-state index contributed by atoms with van der Waals surface area (Å²) in [6, 6.07) is 7.94. The molecule has 0 bridgehead atoms. The third kappa shape index (κ3) is 3.64. The number of carbonyl (C=O) groups is 1. The molecule has 1 aliphatic heterocycles. The number of carbonyl (C=O) groups excluding carboxylic acids is 1. The highest BCUT2D eigenvalue weighted by molar-refractivity contribution is 9.10. The standard InChI is InChI=1S/C17H21BrN4O/c1-12(19)13-3-2-8-21(10-13)17(23)14-9-20-22(11-14)16-6-4-15(18)5-7-16/h4-7,9,11-13H,2-3,8,10,19H2,1H3. The van der Waals surface area contributed by atoms with E-state index in [1.165, 1.54) is 0 Å². The van der Waals surface area contributed by atoms with Crippen LogP contribution < -0.4 is 5.73 Å². The number of halogens is 1. The molecule has 0 aliphatic carbocycles. The molecule has 1 fully saturated rings. The van der Waals surface area contributed by atoms with Gasteiger partial charge in [0.2, 0.25) is 0 Å². The lowest BCUT2D eigenvalue weighted by Crippen LogP contribution is -2.45. The molecule has 0 radical (unpaired) electrons. The summed E-state index contributed by atoms with van der Waals surface area (Å²) in [6.45, 7) is 3.55. The van der Waals surface area contributed by atoms with E-state index in [2.05, 4.69) is 21.0 Å². The second kappa shape index (κ2) is 6.84. The molecule has 1 saturated heterocycles. The van der Waals surface area contributed by atoms with Crippen LogP contribution in [0.25, 0.3) is 5.69 Å². The molecule has 122 valence electrons. The molecule has 0 spiro atoms. The van der Waals surface area contributed by atoms with Crippen molar-refractivity contribution in [1.29, 1.82) is 0 Å². The number of nitrogens with zero attached hydrogens (tertiary/aromatic N) is 3. The van der Waals surface area contributed by atoms with E-state index in [-0.39, 0.29) is 11.9 Å². The van der Waals surface area contributed by atoms with E-state index in [0.29, 0.717) is 11.5 Å². The highest BCUT2D eigenvalue weighted by atomic mass is 79.9. The monoisotopic (exact) mass is 376 g/mol. The van der Waals surface area contributed by atoms with Crippen molar-refractivity contribution < 1.29 is 4.79 Å². The van der Waals surface area contributed by atoms with E-state index >= 15 is 0 Å². The maximum Gasteiger partial charge on any atom is 0.257 e. The molecule has 6 heteroatoms. The Bertz CT molecular complexity index is 680. The summed E-state index contributed by atoms with van der Waals surface area (Å²) >= 11 is 3.42. The van der Waals surface area contributed by atoms with E-state index < -0.39 is 0 Å². The predicted octanol–water partition coefficient (Wildman–Crippen LogP) is 2.83. The lowest BCUT2D eigenvalue weighted by Gasteiger charge is -2.34. The normalized spacial score (nSPS) is 19.6. The summed E-state index contributed by atoms with van der Waals surface area (Å²) in [5.74, 6) is 0.424. The van der Waals surface area contributed by atoms with Crippen LogP contribution in [0.5, 0.6) is 0 Å². The van der Waals surface area contributed by atoms with Crippen molar-refractivity contribution in [3.63, 3.8) is 0 Å². The van der Waals surface area contributed by atoms with Crippen LogP contribution in [0.3, 0.4) is 0 Å². The first-order valence-electron chi connectivity index (χ1n) is 7.90. The fourth-order valence-electron chi connectivity index (χ4n) is 2.97. The molecule has 2 atom stereocenters. The van der Waals surface area contributed by atoms with Crippen LogP contribution >= 0.6 is 15.9 Å². The fraction of sp³-hybridized carbons (Fsp3) is 0.412. The largest absolute Gasteiger partial charge is 0.338 e. The Hall–Kier alpha value is -1.66. The molecule has 2 heterocycles. The lowest BCUT2D eigenvalue weighted by atomic mass is 9.92. The minimum atomic E-state index is 0.0405. The molecule has 2 aromatic rings. The number of hydrogen-bond donors (Lipinski definition) is 1. The smallest absolute Gasteiger partial charge is 0.257 e. The molecule has 5 nitrogen and oxygen atoms in total. The van der Waals surface area contributed by atoms with Gasteiger partial charge in [-0.3, -0.25) is 4.79 Å². The Kier molecular flexibility index (Phi) is 4.82. The first kappa shape index (κ1) is 16.2. The summed E-state index contributed by atoms with van der Waals surface area (Å²) < 4.78 is 2.74. The Morgan fingerprint density at radius 2 is 2.13 bits per heavy atom. The Labute approximate surface area is 144 Å². The number of rotatable bonds is 3. The molecule has 0 saturated carbocycles. The van der Waals surface area contributed by atoms with Crippen LogP contribution in [-0.2, 0) is 0 Å². The van der Waals surface area contributed by atoms with Gasteiger partial charge in [0.15, 0.2) is 0 Å². The van der Waals surface area contributed by atoms with Gasteiger partial charge in [0.1, 0.15) is 0 Å². The average molecular weight is 377 g/mol. The van der Waals surface area contributed by atoms with E-state index in [0.717, 1.165) is 36.1 Å². The minimum Gasteiger partial charge on any atom is -0.338 e. The summed E-state index contributed by atoms with van der Waals surface area (Å²) in [7, 11) is 0.